The van der Waals surface area contributed by atoms with Crippen molar-refractivity contribution in [3.63, 3.8) is 0 Å². The number of ether oxygens (including phenoxy) is 1. The third-order valence-corrected chi connectivity index (χ3v) is 5.14. The molecule has 1 aliphatic heterocycles. The molecule has 1 N–H and O–H groups in total. The topological polar surface area (TPSA) is 54.3 Å². The van der Waals surface area contributed by atoms with Crippen molar-refractivity contribution >= 4 is 28.9 Å². The Morgan fingerprint density at radius 2 is 2.00 bits per heavy atom. The summed E-state index contributed by atoms with van der Waals surface area (Å²) in [4.78, 5) is 7.83. The van der Waals surface area contributed by atoms with Gasteiger partial charge in [0.15, 0.2) is 0 Å². The van der Waals surface area contributed by atoms with Gasteiger partial charge in [-0.3, -0.25) is 4.90 Å². The van der Waals surface area contributed by atoms with Gasteiger partial charge in [0.2, 0.25) is 0 Å². The molecule has 0 amide bonds. The zero-order valence-electron chi connectivity index (χ0n) is 16.4. The fourth-order valence-electron chi connectivity index (χ4n) is 3.33. The summed E-state index contributed by atoms with van der Waals surface area (Å²) >= 11 is 12.1. The number of hydrogen-bond donors (Lipinski definition) is 1. The van der Waals surface area contributed by atoms with Crippen LogP contribution >= 0.6 is 23.2 Å². The summed E-state index contributed by atoms with van der Waals surface area (Å²) in [5.41, 5.74) is 3.00. The van der Waals surface area contributed by atoms with E-state index < -0.39 is 6.10 Å². The first-order valence-corrected chi connectivity index (χ1v) is 10.5. The number of nitrogens with zero attached hydrogens (tertiary/aromatic N) is 2. The van der Waals surface area contributed by atoms with Crippen LogP contribution in [0.2, 0.25) is 10.0 Å². The minimum absolute atomic E-state index is 0.0841. The van der Waals surface area contributed by atoms with E-state index in [0.717, 1.165) is 16.8 Å². The van der Waals surface area contributed by atoms with Crippen molar-refractivity contribution in [3.8, 4) is 0 Å². The van der Waals surface area contributed by atoms with E-state index in [1.165, 1.54) is 0 Å². The van der Waals surface area contributed by atoms with Crippen LogP contribution in [0.15, 0.2) is 53.7 Å². The average molecular weight is 437 g/mol. The van der Waals surface area contributed by atoms with Gasteiger partial charge in [-0.05, 0) is 42.3 Å². The van der Waals surface area contributed by atoms with Gasteiger partial charge in [0.25, 0.3) is 0 Å². The maximum atomic E-state index is 10.3. The van der Waals surface area contributed by atoms with Crippen LogP contribution in [0.1, 0.15) is 24.5 Å². The summed E-state index contributed by atoms with van der Waals surface area (Å²) in [5.74, 6) is 0. The van der Waals surface area contributed by atoms with Gasteiger partial charge in [0, 0.05) is 42.7 Å². The minimum Gasteiger partial charge on any atom is -0.390 e. The Labute approximate surface area is 181 Å². The molecule has 2 atom stereocenters. The summed E-state index contributed by atoms with van der Waals surface area (Å²) in [6, 6.07) is 15.3. The van der Waals surface area contributed by atoms with Crippen LogP contribution in [-0.4, -0.2) is 54.2 Å². The van der Waals surface area contributed by atoms with Crippen molar-refractivity contribution in [3.05, 3.63) is 69.7 Å². The van der Waals surface area contributed by atoms with Crippen LogP contribution in [0, 0.1) is 0 Å². The molecule has 0 saturated heterocycles. The highest BCUT2D eigenvalue weighted by Gasteiger charge is 2.25. The SMILES string of the molecule is CCOC[C@H](O)CN(Cc1cccc(Cl)c1)C[C@@H]1CC(c2ccc(Cl)cc2)=NO1. The molecule has 0 radical (unpaired) electrons. The molecule has 156 valence electrons. The summed E-state index contributed by atoms with van der Waals surface area (Å²) in [6.07, 6.45) is 0.0428. The predicted molar refractivity (Wildman–Crippen MR) is 117 cm³/mol. The lowest BCUT2D eigenvalue weighted by atomic mass is 10.0. The monoisotopic (exact) mass is 436 g/mol. The summed E-state index contributed by atoms with van der Waals surface area (Å²) < 4.78 is 5.36. The van der Waals surface area contributed by atoms with E-state index in [9.17, 15) is 5.11 Å². The van der Waals surface area contributed by atoms with E-state index in [1.807, 2.05) is 55.5 Å². The highest BCUT2D eigenvalue weighted by atomic mass is 35.5. The molecule has 2 aromatic carbocycles. The third-order valence-electron chi connectivity index (χ3n) is 4.65. The molecular formula is C22H26Cl2N2O3. The van der Waals surface area contributed by atoms with Gasteiger partial charge in [-0.2, -0.15) is 0 Å². The highest BCUT2D eigenvalue weighted by Crippen LogP contribution is 2.21. The van der Waals surface area contributed by atoms with E-state index >= 15 is 0 Å². The molecular weight excluding hydrogens is 411 g/mol. The molecule has 1 aliphatic rings. The predicted octanol–water partition coefficient (Wildman–Crippen LogP) is 4.39. The van der Waals surface area contributed by atoms with Crippen LogP contribution in [0.4, 0.5) is 0 Å². The second-order valence-electron chi connectivity index (χ2n) is 7.11. The van der Waals surface area contributed by atoms with Crippen molar-refractivity contribution in [2.75, 3.05) is 26.3 Å². The van der Waals surface area contributed by atoms with Crippen LogP contribution in [0.5, 0.6) is 0 Å². The van der Waals surface area contributed by atoms with Gasteiger partial charge < -0.3 is 14.7 Å². The number of aliphatic hydroxyl groups is 1. The molecule has 1 heterocycles. The first kappa shape index (κ1) is 22.1. The summed E-state index contributed by atoms with van der Waals surface area (Å²) in [7, 11) is 0. The van der Waals surface area contributed by atoms with Crippen LogP contribution < -0.4 is 0 Å². The molecule has 0 aromatic heterocycles. The zero-order valence-corrected chi connectivity index (χ0v) is 17.9. The molecule has 3 rings (SSSR count). The lowest BCUT2D eigenvalue weighted by Crippen LogP contribution is -2.39. The average Bonchev–Trinajstić information content (AvgIpc) is 3.15. The van der Waals surface area contributed by atoms with Crippen molar-refractivity contribution < 1.29 is 14.7 Å². The summed E-state index contributed by atoms with van der Waals surface area (Å²) in [5, 5.41) is 16.0. The van der Waals surface area contributed by atoms with Crippen molar-refractivity contribution in [2.45, 2.75) is 32.1 Å². The smallest absolute Gasteiger partial charge is 0.145 e. The Morgan fingerprint density at radius 1 is 1.21 bits per heavy atom. The molecule has 0 fully saturated rings. The molecule has 0 bridgehead atoms. The number of benzene rings is 2. The van der Waals surface area contributed by atoms with Crippen molar-refractivity contribution in [1.82, 2.24) is 4.90 Å². The van der Waals surface area contributed by atoms with Gasteiger partial charge in [-0.15, -0.1) is 0 Å². The first-order chi connectivity index (χ1) is 14.0. The Kier molecular flexibility index (Phi) is 8.33. The van der Waals surface area contributed by atoms with E-state index in [2.05, 4.69) is 10.1 Å². The molecule has 5 nitrogen and oxygen atoms in total. The molecule has 7 heteroatoms. The van der Waals surface area contributed by atoms with Crippen molar-refractivity contribution in [2.24, 2.45) is 5.16 Å². The Morgan fingerprint density at radius 3 is 2.72 bits per heavy atom. The van der Waals surface area contributed by atoms with Gasteiger partial charge in [-0.1, -0.05) is 52.6 Å². The number of rotatable bonds is 10. The van der Waals surface area contributed by atoms with E-state index in [-0.39, 0.29) is 6.10 Å². The fraction of sp³-hybridized carbons (Fsp3) is 0.409. The number of oxime groups is 1. The number of hydrogen-bond acceptors (Lipinski definition) is 5. The lowest BCUT2D eigenvalue weighted by molar-refractivity contribution is 0.000496. The fourth-order valence-corrected chi connectivity index (χ4v) is 3.67. The van der Waals surface area contributed by atoms with Crippen molar-refractivity contribution in [1.29, 1.82) is 0 Å². The van der Waals surface area contributed by atoms with Crippen LogP contribution in [-0.2, 0) is 16.1 Å². The number of aliphatic hydroxyl groups excluding tert-OH is 1. The lowest BCUT2D eigenvalue weighted by Gasteiger charge is -2.27. The van der Waals surface area contributed by atoms with Gasteiger partial charge >= 0.3 is 0 Å². The maximum absolute atomic E-state index is 10.3. The van der Waals surface area contributed by atoms with Crippen LogP contribution in [0.3, 0.4) is 0 Å². The third kappa shape index (κ3) is 6.98. The van der Waals surface area contributed by atoms with E-state index in [0.29, 0.717) is 49.3 Å². The molecule has 0 spiro atoms. The van der Waals surface area contributed by atoms with Gasteiger partial charge in [-0.25, -0.2) is 0 Å². The second kappa shape index (κ2) is 11.0. The Hall–Kier alpha value is -1.63. The molecule has 0 saturated carbocycles. The highest BCUT2D eigenvalue weighted by molar-refractivity contribution is 6.31. The van der Waals surface area contributed by atoms with E-state index in [4.69, 9.17) is 32.8 Å². The quantitative estimate of drug-likeness (QED) is 0.599. The molecule has 0 aliphatic carbocycles. The first-order valence-electron chi connectivity index (χ1n) is 9.74. The molecule has 29 heavy (non-hydrogen) atoms. The summed E-state index contributed by atoms with van der Waals surface area (Å²) in [6.45, 7) is 4.56. The molecule has 0 unspecified atom stereocenters. The Balaban J connectivity index is 1.62. The van der Waals surface area contributed by atoms with Gasteiger partial charge in [0.1, 0.15) is 6.10 Å². The maximum Gasteiger partial charge on any atom is 0.145 e. The standard InChI is InChI=1S/C22H26Cl2N2O3/c1-2-28-15-20(27)13-26(12-16-4-3-5-19(24)10-16)14-21-11-22(25-29-21)17-6-8-18(23)9-7-17/h3-10,20-21,27H,2,11-15H2,1H3/t20-,21+/m1/s1. The minimum atomic E-state index is -0.577. The largest absolute Gasteiger partial charge is 0.390 e. The Bertz CT molecular complexity index is 814. The number of halogens is 2. The molecule has 2 aromatic rings. The second-order valence-corrected chi connectivity index (χ2v) is 7.99. The van der Waals surface area contributed by atoms with Gasteiger partial charge in [0.05, 0.1) is 18.4 Å². The normalized spacial score (nSPS) is 17.3. The zero-order chi connectivity index (χ0) is 20.6. The van der Waals surface area contributed by atoms with Crippen LogP contribution in [0.25, 0.3) is 0 Å². The van der Waals surface area contributed by atoms with E-state index in [1.54, 1.807) is 0 Å².